The molecule has 6 heteroatoms. The van der Waals surface area contributed by atoms with Gasteiger partial charge in [-0.1, -0.05) is 183 Å². The van der Waals surface area contributed by atoms with Crippen molar-refractivity contribution in [2.45, 2.75) is 39.9 Å². The van der Waals surface area contributed by atoms with Gasteiger partial charge in [0.2, 0.25) is 0 Å². The molecular formula is C59H49IrN3OSi-2. The molecule has 0 unspecified atom stereocenters. The molecule has 11 rings (SSSR count). The van der Waals surface area contributed by atoms with Gasteiger partial charge in [-0.3, -0.25) is 4.98 Å². The summed E-state index contributed by atoms with van der Waals surface area (Å²) in [5.74, 6) is 1.46. The van der Waals surface area contributed by atoms with E-state index in [2.05, 4.69) is 207 Å². The van der Waals surface area contributed by atoms with Crippen LogP contribution in [0.15, 0.2) is 193 Å². The van der Waals surface area contributed by atoms with Gasteiger partial charge in [-0.2, -0.15) is 0 Å². The maximum absolute atomic E-state index is 6.56. The first-order valence-electron chi connectivity index (χ1n) is 22.2. The Balaban J connectivity index is 0.000000215. The maximum atomic E-state index is 6.56. The van der Waals surface area contributed by atoms with E-state index in [1.54, 1.807) is 0 Å². The summed E-state index contributed by atoms with van der Waals surface area (Å²) in [7, 11) is -1.34. The molecule has 0 aliphatic carbocycles. The molecule has 321 valence electrons. The summed E-state index contributed by atoms with van der Waals surface area (Å²) in [6.07, 6.45) is 3.24. The van der Waals surface area contributed by atoms with E-state index in [9.17, 15) is 0 Å². The number of aromatic nitrogens is 3. The average molecular weight is 1040 g/mol. The number of hydrogen-bond acceptors (Lipinski definition) is 3. The van der Waals surface area contributed by atoms with Crippen LogP contribution in [0.3, 0.4) is 0 Å². The van der Waals surface area contributed by atoms with Crippen LogP contribution >= 0.6 is 0 Å². The molecule has 65 heavy (non-hydrogen) atoms. The zero-order valence-electron chi connectivity index (χ0n) is 37.3. The maximum Gasteiger partial charge on any atom is 0.120 e. The molecule has 4 nitrogen and oxygen atoms in total. The number of rotatable bonds is 8. The van der Waals surface area contributed by atoms with Crippen molar-refractivity contribution in [3.63, 3.8) is 0 Å². The first kappa shape index (κ1) is 43.6. The van der Waals surface area contributed by atoms with Crippen molar-refractivity contribution in [3.8, 4) is 50.6 Å². The van der Waals surface area contributed by atoms with Crippen molar-refractivity contribution in [2.24, 2.45) is 5.92 Å². The van der Waals surface area contributed by atoms with Crippen molar-refractivity contribution >= 4 is 57.0 Å². The third-order valence-electron chi connectivity index (χ3n) is 12.0. The molecule has 3 aromatic heterocycles. The first-order valence-corrected chi connectivity index (χ1v) is 25.7. The van der Waals surface area contributed by atoms with Crippen LogP contribution in [0, 0.1) is 18.1 Å². The molecule has 0 amide bonds. The number of furan rings is 1. The fourth-order valence-corrected chi connectivity index (χ4v) is 10.6. The Hall–Kier alpha value is -6.69. The molecule has 0 saturated heterocycles. The zero-order chi connectivity index (χ0) is 43.8. The average Bonchev–Trinajstić information content (AvgIpc) is 3.91. The van der Waals surface area contributed by atoms with E-state index in [4.69, 9.17) is 9.40 Å². The molecule has 0 bridgehead atoms. The Morgan fingerprint density at radius 1 is 0.631 bits per heavy atom. The molecule has 0 fully saturated rings. The van der Waals surface area contributed by atoms with Crippen molar-refractivity contribution in [1.82, 2.24) is 14.5 Å². The third-order valence-corrected chi connectivity index (χ3v) is 14.0. The summed E-state index contributed by atoms with van der Waals surface area (Å²) in [6, 6.07) is 70.1. The minimum atomic E-state index is -1.34. The van der Waals surface area contributed by atoms with Crippen molar-refractivity contribution in [2.75, 3.05) is 0 Å². The predicted octanol–water partition coefficient (Wildman–Crippen LogP) is 15.2. The van der Waals surface area contributed by atoms with Crippen LogP contribution in [0.25, 0.3) is 94.3 Å². The van der Waals surface area contributed by atoms with Crippen molar-refractivity contribution in [3.05, 3.63) is 206 Å². The van der Waals surface area contributed by atoms with Gasteiger partial charge >= 0.3 is 0 Å². The molecule has 8 aromatic carbocycles. The Morgan fingerprint density at radius 2 is 1.29 bits per heavy atom. The fourth-order valence-electron chi connectivity index (χ4n) is 9.03. The number of nitrogens with zero attached hydrogens (tertiary/aromatic N) is 3. The molecule has 0 N–H and O–H groups in total. The van der Waals surface area contributed by atoms with Gasteiger partial charge in [0.25, 0.3) is 0 Å². The fraction of sp³-hybridized carbons (Fsp3) is 0.119. The van der Waals surface area contributed by atoms with Gasteiger partial charge in [-0.25, -0.2) is 0 Å². The number of benzene rings is 8. The van der Waals surface area contributed by atoms with Gasteiger partial charge in [0.05, 0.1) is 36.2 Å². The van der Waals surface area contributed by atoms with Crippen LogP contribution in [-0.4, -0.2) is 22.6 Å². The minimum Gasteiger partial charge on any atom is -0.501 e. The van der Waals surface area contributed by atoms with Gasteiger partial charge in [0.1, 0.15) is 5.58 Å². The van der Waals surface area contributed by atoms with Crippen LogP contribution in [0.4, 0.5) is 0 Å². The van der Waals surface area contributed by atoms with E-state index in [0.29, 0.717) is 5.92 Å². The molecule has 1 radical (unpaired) electrons. The summed E-state index contributed by atoms with van der Waals surface area (Å²) in [6.45, 7) is 11.7. The molecule has 0 aliphatic rings. The topological polar surface area (TPSA) is 43.9 Å². The predicted molar refractivity (Wildman–Crippen MR) is 271 cm³/mol. The third kappa shape index (κ3) is 8.54. The second kappa shape index (κ2) is 18.4. The van der Waals surface area contributed by atoms with Crippen molar-refractivity contribution < 1.29 is 24.5 Å². The SMILES string of the molecule is CC(C)Cc1cc(-c2[c-]cccc2)ncc1[Si](C)(C)C.[Ir].[c-]1ccc2c(oc3ccccc32)c1-c1nc2c3ccccc3ccc2n1-c1c(-c2ccccc2)cccc1-c1ccccc1. The van der Waals surface area contributed by atoms with E-state index >= 15 is 0 Å². The molecule has 3 heterocycles. The van der Waals surface area contributed by atoms with Crippen LogP contribution < -0.4 is 5.19 Å². The number of imidazole rings is 1. The standard InChI is InChI=1S/C41H25N2O.C18H24NSi.Ir/c1-3-13-27(14-4-1)31-20-11-21-32(28-15-5-2-6-16-28)39(31)43-36-26-25-29-17-7-8-18-30(29)38(36)42-41(43)35-23-12-22-34-33-19-9-10-24-37(33)44-40(34)35;1-14(2)11-16-12-17(15-9-7-6-8-10-15)19-13-18(16)20(3,4)5;/h1-22,24-26H;6-9,12-14H,11H2,1-5H3;/q2*-1;. The molecule has 0 spiro atoms. The quantitative estimate of drug-likeness (QED) is 0.113. The molecule has 11 aromatic rings. The second-order valence-corrected chi connectivity index (χ2v) is 22.9. The van der Waals surface area contributed by atoms with Crippen molar-refractivity contribution in [1.29, 1.82) is 0 Å². The van der Waals surface area contributed by atoms with Gasteiger partial charge in [-0.15, -0.1) is 54.1 Å². The van der Waals surface area contributed by atoms with Crippen LogP contribution in [0.1, 0.15) is 19.4 Å². The normalized spacial score (nSPS) is 11.5. The van der Waals surface area contributed by atoms with Gasteiger partial charge < -0.3 is 14.0 Å². The summed E-state index contributed by atoms with van der Waals surface area (Å²) < 4.78 is 8.88. The monoisotopic (exact) mass is 1040 g/mol. The number of para-hydroxylation sites is 2. The van der Waals surface area contributed by atoms with Crippen LogP contribution in [0.5, 0.6) is 0 Å². The largest absolute Gasteiger partial charge is 0.501 e. The first-order chi connectivity index (χ1) is 31.2. The Bertz CT molecular complexity index is 3370. The summed E-state index contributed by atoms with van der Waals surface area (Å²) >= 11 is 0. The van der Waals surface area contributed by atoms with E-state index in [0.717, 1.165) is 101 Å². The summed E-state index contributed by atoms with van der Waals surface area (Å²) in [5.41, 5.74) is 13.6. The summed E-state index contributed by atoms with van der Waals surface area (Å²) in [4.78, 5) is 10.1. The molecule has 0 atom stereocenters. The summed E-state index contributed by atoms with van der Waals surface area (Å²) in [5, 5.41) is 5.89. The molecular weight excluding hydrogens is 987 g/mol. The Labute approximate surface area is 396 Å². The molecule has 0 saturated carbocycles. The number of pyridine rings is 1. The van der Waals surface area contributed by atoms with Gasteiger partial charge in [0.15, 0.2) is 0 Å². The zero-order valence-corrected chi connectivity index (χ0v) is 40.7. The van der Waals surface area contributed by atoms with E-state index in [1.165, 1.54) is 10.8 Å². The number of fused-ring (bicyclic) bond motifs is 6. The van der Waals surface area contributed by atoms with Gasteiger partial charge in [-0.05, 0) is 51.9 Å². The van der Waals surface area contributed by atoms with Crippen LogP contribution in [0.2, 0.25) is 19.6 Å². The Kier molecular flexibility index (Phi) is 12.3. The number of hydrogen-bond donors (Lipinski definition) is 0. The minimum absolute atomic E-state index is 0. The molecule has 0 aliphatic heterocycles. The smallest absolute Gasteiger partial charge is 0.120 e. The van der Waals surface area contributed by atoms with E-state index < -0.39 is 8.07 Å². The van der Waals surface area contributed by atoms with E-state index in [1.807, 2.05) is 36.4 Å². The van der Waals surface area contributed by atoms with Gasteiger partial charge in [0, 0.05) is 48.2 Å². The Morgan fingerprint density at radius 3 is 1.97 bits per heavy atom. The van der Waals surface area contributed by atoms with Crippen LogP contribution in [-0.2, 0) is 26.5 Å². The van der Waals surface area contributed by atoms with E-state index in [-0.39, 0.29) is 20.1 Å². The second-order valence-electron chi connectivity index (χ2n) is 17.9.